The number of fused-ring (bicyclic) bond motifs is 4. The number of allylic oxidation sites excluding steroid dienone is 4. The highest BCUT2D eigenvalue weighted by Crippen LogP contribution is 2.59. The molecule has 4 nitrogen and oxygen atoms in total. The fourth-order valence-corrected chi connectivity index (χ4v) is 7.58. The predicted molar refractivity (Wildman–Crippen MR) is 214 cm³/mol. The molecular weight excluding hydrogens is 635 g/mol. The Bertz CT molecular complexity index is 2570. The van der Waals surface area contributed by atoms with Gasteiger partial charge in [0.1, 0.15) is 11.2 Å². The minimum absolute atomic E-state index is 0.162. The van der Waals surface area contributed by atoms with E-state index in [1.165, 1.54) is 28.7 Å². The van der Waals surface area contributed by atoms with Gasteiger partial charge in [0.25, 0.3) is 0 Å². The van der Waals surface area contributed by atoms with E-state index >= 15 is 0 Å². The van der Waals surface area contributed by atoms with Crippen molar-refractivity contribution in [3.05, 3.63) is 181 Å². The molecule has 0 amide bonds. The molecule has 0 radical (unpaired) electrons. The summed E-state index contributed by atoms with van der Waals surface area (Å²) in [4.78, 5) is 15.0. The lowest BCUT2D eigenvalue weighted by Crippen LogP contribution is -2.08. The van der Waals surface area contributed by atoms with Gasteiger partial charge in [-0.2, -0.15) is 0 Å². The summed E-state index contributed by atoms with van der Waals surface area (Å²) < 4.78 is 6.43. The average molecular weight is 672 g/mol. The van der Waals surface area contributed by atoms with Crippen LogP contribution in [0.25, 0.3) is 72.8 Å². The van der Waals surface area contributed by atoms with Crippen molar-refractivity contribution in [2.24, 2.45) is 5.92 Å². The van der Waals surface area contributed by atoms with Crippen LogP contribution in [0.2, 0.25) is 0 Å². The van der Waals surface area contributed by atoms with Gasteiger partial charge in [-0.3, -0.25) is 0 Å². The summed E-state index contributed by atoms with van der Waals surface area (Å²) >= 11 is 0. The van der Waals surface area contributed by atoms with E-state index in [1.807, 2.05) is 86.6 Å². The van der Waals surface area contributed by atoms with Crippen molar-refractivity contribution >= 4 is 27.5 Å². The van der Waals surface area contributed by atoms with Crippen LogP contribution in [-0.2, 0) is 5.41 Å². The average Bonchev–Trinajstić information content (AvgIpc) is 3.87. The molecule has 2 aromatic heterocycles. The van der Waals surface area contributed by atoms with Crippen LogP contribution in [0.1, 0.15) is 31.4 Å². The second-order valence-corrected chi connectivity index (χ2v) is 13.3. The normalized spacial score (nSPS) is 17.3. The topological polar surface area (TPSA) is 51.8 Å². The van der Waals surface area contributed by atoms with Crippen molar-refractivity contribution in [2.45, 2.75) is 25.7 Å². The Kier molecular flexibility index (Phi) is 7.93. The van der Waals surface area contributed by atoms with Crippen molar-refractivity contribution in [1.29, 1.82) is 0 Å². The second-order valence-electron chi connectivity index (χ2n) is 13.3. The summed E-state index contributed by atoms with van der Waals surface area (Å²) in [6.07, 6.45) is 8.38. The van der Waals surface area contributed by atoms with Crippen molar-refractivity contribution in [3.63, 3.8) is 0 Å². The summed E-state index contributed by atoms with van der Waals surface area (Å²) in [5, 5.41) is 2.03. The van der Waals surface area contributed by atoms with E-state index < -0.39 is 0 Å². The van der Waals surface area contributed by atoms with E-state index in [-0.39, 0.29) is 5.41 Å². The first-order chi connectivity index (χ1) is 25.7. The zero-order valence-electron chi connectivity index (χ0n) is 29.2. The lowest BCUT2D eigenvalue weighted by Gasteiger charge is -2.17. The maximum Gasteiger partial charge on any atom is 0.164 e. The molecule has 2 unspecified atom stereocenters. The van der Waals surface area contributed by atoms with Crippen LogP contribution >= 0.6 is 0 Å². The van der Waals surface area contributed by atoms with Gasteiger partial charge >= 0.3 is 0 Å². The fraction of sp³-hybridized carbons (Fsp3) is 0.104. The summed E-state index contributed by atoms with van der Waals surface area (Å²) in [6.45, 7) is 4.00. The van der Waals surface area contributed by atoms with Crippen molar-refractivity contribution < 1.29 is 4.42 Å². The van der Waals surface area contributed by atoms with Crippen molar-refractivity contribution in [2.75, 3.05) is 0 Å². The largest absolute Gasteiger partial charge is 0.456 e. The molecule has 0 spiro atoms. The van der Waals surface area contributed by atoms with Gasteiger partial charge in [0.05, 0.1) is 0 Å². The Morgan fingerprint density at radius 3 is 1.83 bits per heavy atom. The van der Waals surface area contributed by atoms with Gasteiger partial charge in [0.2, 0.25) is 0 Å². The monoisotopic (exact) mass is 671 g/mol. The molecule has 2 heterocycles. The van der Waals surface area contributed by atoms with E-state index in [9.17, 15) is 0 Å². The van der Waals surface area contributed by atoms with Gasteiger partial charge < -0.3 is 4.42 Å². The molecule has 6 aromatic carbocycles. The Hall–Kier alpha value is -6.39. The molecule has 0 aliphatic heterocycles. The molecule has 0 saturated heterocycles. The highest BCUT2D eigenvalue weighted by atomic mass is 16.3. The summed E-state index contributed by atoms with van der Waals surface area (Å²) in [6, 6.07) is 52.5. The van der Waals surface area contributed by atoms with Crippen molar-refractivity contribution in [1.82, 2.24) is 15.0 Å². The number of nitrogens with zero attached hydrogens (tertiary/aromatic N) is 3. The number of hydrogen-bond donors (Lipinski definition) is 0. The Balaban J connectivity index is 0.00000177. The molecule has 52 heavy (non-hydrogen) atoms. The van der Waals surface area contributed by atoms with Gasteiger partial charge in [-0.05, 0) is 64.4 Å². The van der Waals surface area contributed by atoms with Crippen LogP contribution in [-0.4, -0.2) is 15.0 Å². The minimum Gasteiger partial charge on any atom is -0.456 e. The first-order valence-electron chi connectivity index (χ1n) is 18.1. The van der Waals surface area contributed by atoms with Crippen LogP contribution in [0.4, 0.5) is 0 Å². The highest BCUT2D eigenvalue weighted by molar-refractivity contribution is 6.12. The van der Waals surface area contributed by atoms with Crippen LogP contribution < -0.4 is 0 Å². The maximum absolute atomic E-state index is 6.43. The third-order valence-electron chi connectivity index (χ3n) is 10.3. The summed E-state index contributed by atoms with van der Waals surface area (Å²) in [5.41, 5.74) is 10.8. The SMILES string of the molecule is C1=CC2(c3ccccc3)CC2C=C1c1cccc(-c2ccc3oc4cccc(-c5nc(-c6ccccc6)nc(-c6ccccc6)n5)c4c3c2)c1.CC. The number of furan rings is 1. The first-order valence-corrected chi connectivity index (χ1v) is 18.1. The first kappa shape index (κ1) is 31.6. The minimum atomic E-state index is 0.162. The Morgan fingerprint density at radius 2 is 1.13 bits per heavy atom. The highest BCUT2D eigenvalue weighted by Gasteiger charge is 2.53. The smallest absolute Gasteiger partial charge is 0.164 e. The molecule has 1 saturated carbocycles. The summed E-state index contributed by atoms with van der Waals surface area (Å²) in [7, 11) is 0. The zero-order chi connectivity index (χ0) is 35.1. The molecule has 10 rings (SSSR count). The van der Waals surface area contributed by atoms with Crippen LogP contribution in [0, 0.1) is 5.92 Å². The molecule has 2 atom stereocenters. The number of rotatable bonds is 6. The summed E-state index contributed by atoms with van der Waals surface area (Å²) in [5.74, 6) is 2.42. The van der Waals surface area contributed by atoms with Gasteiger partial charge in [0, 0.05) is 32.9 Å². The lowest BCUT2D eigenvalue weighted by atomic mass is 9.86. The van der Waals surface area contributed by atoms with E-state index in [0.29, 0.717) is 23.4 Å². The molecule has 250 valence electrons. The zero-order valence-corrected chi connectivity index (χ0v) is 29.2. The van der Waals surface area contributed by atoms with Crippen molar-refractivity contribution in [3.8, 4) is 45.3 Å². The van der Waals surface area contributed by atoms with Gasteiger partial charge in [0.15, 0.2) is 17.5 Å². The second kappa shape index (κ2) is 13.1. The maximum atomic E-state index is 6.43. The standard InChI is InChI=1S/C46H31N3O.C2H6/c1-4-12-30(13-5-1)43-47-44(31-14-6-2-7-15-31)49-45(48-43)38-20-11-21-41-42(38)39-28-34(22-23-40(39)50-41)32-16-10-17-33(26-32)35-24-25-46(29-37(46)27-35)36-18-8-3-9-19-36;1-2/h1-28,37H,29H2;1-2H3. The lowest BCUT2D eigenvalue weighted by molar-refractivity contribution is 0.669. The molecule has 2 aliphatic rings. The Labute approximate surface area is 303 Å². The Morgan fingerprint density at radius 1 is 0.538 bits per heavy atom. The third kappa shape index (κ3) is 5.53. The molecule has 8 aromatic rings. The van der Waals surface area contributed by atoms with E-state index in [1.54, 1.807) is 0 Å². The molecular formula is C48H37N3O. The van der Waals surface area contributed by atoms with Crippen LogP contribution in [0.3, 0.4) is 0 Å². The van der Waals surface area contributed by atoms with E-state index in [0.717, 1.165) is 44.2 Å². The number of aromatic nitrogens is 3. The predicted octanol–water partition coefficient (Wildman–Crippen LogP) is 12.4. The van der Waals surface area contributed by atoms with E-state index in [4.69, 9.17) is 19.4 Å². The van der Waals surface area contributed by atoms with E-state index in [2.05, 4.69) is 97.1 Å². The van der Waals surface area contributed by atoms with Gasteiger partial charge in [-0.25, -0.2) is 15.0 Å². The quantitative estimate of drug-likeness (QED) is 0.177. The molecule has 2 aliphatic carbocycles. The van der Waals surface area contributed by atoms with Crippen LogP contribution in [0.15, 0.2) is 174 Å². The molecule has 0 bridgehead atoms. The van der Waals surface area contributed by atoms with Gasteiger partial charge in [-0.1, -0.05) is 159 Å². The third-order valence-corrected chi connectivity index (χ3v) is 10.3. The number of hydrogen-bond acceptors (Lipinski definition) is 4. The van der Waals surface area contributed by atoms with Gasteiger partial charge in [-0.15, -0.1) is 0 Å². The molecule has 4 heteroatoms. The van der Waals surface area contributed by atoms with Crippen LogP contribution in [0.5, 0.6) is 0 Å². The molecule has 1 fully saturated rings. The fourth-order valence-electron chi connectivity index (χ4n) is 7.58. The molecule has 0 N–H and O–H groups in total. The number of benzene rings is 6.